The Hall–Kier alpha value is -1.15. The van der Waals surface area contributed by atoms with Crippen molar-refractivity contribution in [2.75, 3.05) is 6.54 Å². The second kappa shape index (κ2) is 5.08. The maximum atomic E-state index is 12.1. The molecule has 0 saturated heterocycles. The summed E-state index contributed by atoms with van der Waals surface area (Å²) in [5.74, 6) is 0.145. The van der Waals surface area contributed by atoms with Gasteiger partial charge in [-0.2, -0.15) is 0 Å². The van der Waals surface area contributed by atoms with Gasteiger partial charge in [0.1, 0.15) is 0 Å². The van der Waals surface area contributed by atoms with Crippen LogP contribution >= 0.6 is 0 Å². The van der Waals surface area contributed by atoms with Crippen LogP contribution in [0.4, 0.5) is 0 Å². The molecule has 1 aromatic carbocycles. The van der Waals surface area contributed by atoms with E-state index in [9.17, 15) is 4.79 Å². The molecule has 1 atom stereocenters. The zero-order chi connectivity index (χ0) is 11.4. The molecule has 0 bridgehead atoms. The number of carbonyl (C=O) groups excluding carboxylic acids is 1. The fraction of sp³-hybridized carbons (Fsp3) is 0.462. The lowest BCUT2D eigenvalue weighted by Gasteiger charge is -2.13. The van der Waals surface area contributed by atoms with Crippen LogP contribution in [0.15, 0.2) is 18.2 Å². The topological polar surface area (TPSA) is 43.1 Å². The number of ketones is 1. The van der Waals surface area contributed by atoms with Crippen LogP contribution in [-0.2, 0) is 0 Å². The first kappa shape index (κ1) is 11.9. The van der Waals surface area contributed by atoms with Crippen LogP contribution in [0.1, 0.15) is 34.8 Å². The highest BCUT2D eigenvalue weighted by molar-refractivity contribution is 5.99. The van der Waals surface area contributed by atoms with Crippen LogP contribution in [0.25, 0.3) is 0 Å². The lowest BCUT2D eigenvalue weighted by atomic mass is 9.92. The quantitative estimate of drug-likeness (QED) is 0.767. The highest BCUT2D eigenvalue weighted by Crippen LogP contribution is 2.16. The van der Waals surface area contributed by atoms with Gasteiger partial charge in [0, 0.05) is 18.0 Å². The molecule has 0 aliphatic carbocycles. The molecule has 1 aromatic rings. The summed E-state index contributed by atoms with van der Waals surface area (Å²) in [5.41, 5.74) is 8.58. The molecule has 1 unspecified atom stereocenters. The first-order chi connectivity index (χ1) is 7.10. The number of rotatable bonds is 4. The lowest BCUT2D eigenvalue weighted by molar-refractivity contribution is 0.0920. The Morgan fingerprint density at radius 3 is 2.60 bits per heavy atom. The maximum Gasteiger partial charge on any atom is 0.167 e. The van der Waals surface area contributed by atoms with Gasteiger partial charge in [-0.25, -0.2) is 0 Å². The van der Waals surface area contributed by atoms with Crippen molar-refractivity contribution in [2.24, 2.45) is 11.7 Å². The number of nitrogens with two attached hydrogens (primary N) is 1. The Bertz CT molecular complexity index is 354. The third-order valence-corrected chi connectivity index (χ3v) is 2.81. The summed E-state index contributed by atoms with van der Waals surface area (Å²) >= 11 is 0. The van der Waals surface area contributed by atoms with E-state index in [4.69, 9.17) is 5.73 Å². The second-order valence-electron chi connectivity index (χ2n) is 4.02. The van der Waals surface area contributed by atoms with E-state index in [0.29, 0.717) is 6.54 Å². The number of Topliss-reactive ketones (excluding diaryl/α,β-unsaturated/α-hetero) is 1. The van der Waals surface area contributed by atoms with E-state index in [2.05, 4.69) is 0 Å². The zero-order valence-corrected chi connectivity index (χ0v) is 9.71. The van der Waals surface area contributed by atoms with Crippen molar-refractivity contribution >= 4 is 5.78 Å². The SMILES string of the molecule is CCC(CN)C(=O)c1cc(C)ccc1C. The molecule has 82 valence electrons. The van der Waals surface area contributed by atoms with Crippen molar-refractivity contribution in [3.63, 3.8) is 0 Å². The Kier molecular flexibility index (Phi) is 4.04. The van der Waals surface area contributed by atoms with E-state index >= 15 is 0 Å². The summed E-state index contributed by atoms with van der Waals surface area (Å²) in [5, 5.41) is 0. The maximum absolute atomic E-state index is 12.1. The highest BCUT2D eigenvalue weighted by Gasteiger charge is 2.18. The summed E-state index contributed by atoms with van der Waals surface area (Å²) in [6, 6.07) is 5.97. The van der Waals surface area contributed by atoms with Gasteiger partial charge in [0.05, 0.1) is 0 Å². The van der Waals surface area contributed by atoms with Crippen molar-refractivity contribution in [3.05, 3.63) is 34.9 Å². The standard InChI is InChI=1S/C13H19NO/c1-4-11(8-14)13(15)12-7-9(2)5-6-10(12)3/h5-7,11H,4,8,14H2,1-3H3. The molecule has 1 rings (SSSR count). The monoisotopic (exact) mass is 205 g/mol. The van der Waals surface area contributed by atoms with Gasteiger partial charge in [0.15, 0.2) is 5.78 Å². The molecule has 0 heterocycles. The Labute approximate surface area is 91.5 Å². The molecule has 2 heteroatoms. The number of aryl methyl sites for hydroxylation is 2. The first-order valence-electron chi connectivity index (χ1n) is 5.41. The molecule has 0 saturated carbocycles. The van der Waals surface area contributed by atoms with Gasteiger partial charge in [-0.1, -0.05) is 24.6 Å². The summed E-state index contributed by atoms with van der Waals surface area (Å²) in [7, 11) is 0. The average Bonchev–Trinajstić information content (AvgIpc) is 2.23. The summed E-state index contributed by atoms with van der Waals surface area (Å²) in [4.78, 5) is 12.1. The summed E-state index contributed by atoms with van der Waals surface area (Å²) in [6.45, 7) is 6.40. The molecule has 0 fully saturated rings. The predicted molar refractivity (Wildman–Crippen MR) is 63.1 cm³/mol. The van der Waals surface area contributed by atoms with E-state index in [1.54, 1.807) is 0 Å². The summed E-state index contributed by atoms with van der Waals surface area (Å²) in [6.07, 6.45) is 0.808. The minimum Gasteiger partial charge on any atom is -0.330 e. The molecule has 0 aliphatic heterocycles. The highest BCUT2D eigenvalue weighted by atomic mass is 16.1. The van der Waals surface area contributed by atoms with E-state index in [-0.39, 0.29) is 11.7 Å². The van der Waals surface area contributed by atoms with Crippen LogP contribution in [0.3, 0.4) is 0 Å². The molecule has 0 amide bonds. The molecular formula is C13H19NO. The van der Waals surface area contributed by atoms with Crippen LogP contribution < -0.4 is 5.73 Å². The number of hydrogen-bond donors (Lipinski definition) is 1. The van der Waals surface area contributed by atoms with Gasteiger partial charge in [-0.3, -0.25) is 4.79 Å². The molecule has 0 spiro atoms. The molecule has 2 N–H and O–H groups in total. The Morgan fingerprint density at radius 2 is 2.07 bits per heavy atom. The first-order valence-corrected chi connectivity index (χ1v) is 5.41. The molecular weight excluding hydrogens is 186 g/mol. The van der Waals surface area contributed by atoms with Gasteiger partial charge in [-0.05, 0) is 31.9 Å². The Morgan fingerprint density at radius 1 is 1.40 bits per heavy atom. The normalized spacial score (nSPS) is 12.5. The van der Waals surface area contributed by atoms with Crippen molar-refractivity contribution < 1.29 is 4.79 Å². The van der Waals surface area contributed by atoms with Crippen molar-refractivity contribution in [1.29, 1.82) is 0 Å². The van der Waals surface area contributed by atoms with Crippen LogP contribution in [-0.4, -0.2) is 12.3 Å². The number of benzene rings is 1. The summed E-state index contributed by atoms with van der Waals surface area (Å²) < 4.78 is 0. The predicted octanol–water partition coefficient (Wildman–Crippen LogP) is 2.47. The van der Waals surface area contributed by atoms with Gasteiger partial charge >= 0.3 is 0 Å². The smallest absolute Gasteiger partial charge is 0.167 e. The number of hydrogen-bond acceptors (Lipinski definition) is 2. The average molecular weight is 205 g/mol. The molecule has 2 nitrogen and oxygen atoms in total. The molecule has 0 aromatic heterocycles. The van der Waals surface area contributed by atoms with Gasteiger partial charge in [0.2, 0.25) is 0 Å². The third kappa shape index (κ3) is 2.66. The van der Waals surface area contributed by atoms with E-state index in [1.807, 2.05) is 39.0 Å². The molecule has 15 heavy (non-hydrogen) atoms. The van der Waals surface area contributed by atoms with Crippen LogP contribution in [0.5, 0.6) is 0 Å². The Balaban J connectivity index is 3.04. The van der Waals surface area contributed by atoms with Crippen LogP contribution in [0.2, 0.25) is 0 Å². The fourth-order valence-corrected chi connectivity index (χ4v) is 1.68. The van der Waals surface area contributed by atoms with Crippen molar-refractivity contribution in [3.8, 4) is 0 Å². The van der Waals surface area contributed by atoms with Crippen molar-refractivity contribution in [1.82, 2.24) is 0 Å². The molecule has 0 aliphatic rings. The van der Waals surface area contributed by atoms with Crippen molar-refractivity contribution in [2.45, 2.75) is 27.2 Å². The largest absolute Gasteiger partial charge is 0.330 e. The minimum atomic E-state index is -0.0366. The lowest BCUT2D eigenvalue weighted by Crippen LogP contribution is -2.23. The van der Waals surface area contributed by atoms with E-state index in [0.717, 1.165) is 23.1 Å². The second-order valence-corrected chi connectivity index (χ2v) is 4.02. The van der Waals surface area contributed by atoms with Gasteiger partial charge in [-0.15, -0.1) is 0 Å². The molecule has 0 radical (unpaired) electrons. The van der Waals surface area contributed by atoms with E-state index in [1.165, 1.54) is 0 Å². The third-order valence-electron chi connectivity index (χ3n) is 2.81. The van der Waals surface area contributed by atoms with Crippen LogP contribution in [0, 0.1) is 19.8 Å². The fourth-order valence-electron chi connectivity index (χ4n) is 1.68. The van der Waals surface area contributed by atoms with E-state index < -0.39 is 0 Å². The number of carbonyl (C=O) groups is 1. The zero-order valence-electron chi connectivity index (χ0n) is 9.71. The van der Waals surface area contributed by atoms with Gasteiger partial charge in [0.25, 0.3) is 0 Å². The minimum absolute atomic E-state index is 0.0366. The van der Waals surface area contributed by atoms with Gasteiger partial charge < -0.3 is 5.73 Å².